The number of ether oxygens (including phenoxy) is 1. The standard InChI is InChI=1S/C15H23N3O2/c1-11-7-12(9-17-8-11)13-10-16-5-6-18(13)14(19)20-15(2,3)4/h7-9,13,16H,5-6,10H2,1-4H3. The maximum absolute atomic E-state index is 12.3. The van der Waals surface area contributed by atoms with Crippen LogP contribution in [0.3, 0.4) is 0 Å². The van der Waals surface area contributed by atoms with Crippen molar-refractivity contribution >= 4 is 6.09 Å². The van der Waals surface area contributed by atoms with Crippen molar-refractivity contribution in [2.24, 2.45) is 0 Å². The topological polar surface area (TPSA) is 54.5 Å². The van der Waals surface area contributed by atoms with Crippen LogP contribution in [0.5, 0.6) is 0 Å². The number of hydrogen-bond donors (Lipinski definition) is 1. The van der Waals surface area contributed by atoms with E-state index in [-0.39, 0.29) is 12.1 Å². The normalized spacial score (nSPS) is 19.8. The van der Waals surface area contributed by atoms with E-state index in [0.29, 0.717) is 6.54 Å². The van der Waals surface area contributed by atoms with Crippen molar-refractivity contribution in [1.82, 2.24) is 15.2 Å². The minimum absolute atomic E-state index is 0.0222. The second-order valence-electron chi connectivity index (χ2n) is 6.19. The average Bonchev–Trinajstić information content (AvgIpc) is 2.37. The van der Waals surface area contributed by atoms with E-state index in [0.717, 1.165) is 24.2 Å². The highest BCUT2D eigenvalue weighted by Gasteiger charge is 2.31. The molecule has 0 aromatic carbocycles. The highest BCUT2D eigenvalue weighted by molar-refractivity contribution is 5.69. The van der Waals surface area contributed by atoms with Crippen molar-refractivity contribution in [2.75, 3.05) is 19.6 Å². The summed E-state index contributed by atoms with van der Waals surface area (Å²) in [6, 6.07) is 2.05. The number of hydrogen-bond acceptors (Lipinski definition) is 4. The number of piperazine rings is 1. The number of nitrogens with one attached hydrogen (secondary N) is 1. The van der Waals surface area contributed by atoms with Crippen LogP contribution in [0.2, 0.25) is 0 Å². The molecule has 1 aromatic rings. The van der Waals surface area contributed by atoms with Crippen molar-refractivity contribution in [3.05, 3.63) is 29.6 Å². The molecule has 1 fully saturated rings. The van der Waals surface area contributed by atoms with Crippen LogP contribution in [0.25, 0.3) is 0 Å². The van der Waals surface area contributed by atoms with Gasteiger partial charge >= 0.3 is 6.09 Å². The number of carbonyl (C=O) groups is 1. The Morgan fingerprint density at radius 2 is 2.20 bits per heavy atom. The van der Waals surface area contributed by atoms with E-state index in [1.54, 1.807) is 4.90 Å². The van der Waals surface area contributed by atoms with Crippen LogP contribution in [0, 0.1) is 6.92 Å². The summed E-state index contributed by atoms with van der Waals surface area (Å²) in [5, 5.41) is 3.32. The maximum atomic E-state index is 12.3. The predicted octanol–water partition coefficient (Wildman–Crippen LogP) is 2.27. The van der Waals surface area contributed by atoms with Gasteiger partial charge in [0, 0.05) is 32.0 Å². The van der Waals surface area contributed by atoms with Crippen LogP contribution in [-0.2, 0) is 4.74 Å². The van der Waals surface area contributed by atoms with Crippen molar-refractivity contribution in [2.45, 2.75) is 39.3 Å². The zero-order valence-electron chi connectivity index (χ0n) is 12.6. The quantitative estimate of drug-likeness (QED) is 0.855. The maximum Gasteiger partial charge on any atom is 0.410 e. The minimum atomic E-state index is -0.475. The fraction of sp³-hybridized carbons (Fsp3) is 0.600. The SMILES string of the molecule is Cc1cncc(C2CNCCN2C(=O)OC(C)(C)C)c1. The monoisotopic (exact) mass is 277 g/mol. The smallest absolute Gasteiger partial charge is 0.410 e. The first-order valence-electron chi connectivity index (χ1n) is 6.99. The van der Waals surface area contributed by atoms with E-state index in [9.17, 15) is 4.79 Å². The lowest BCUT2D eigenvalue weighted by Crippen LogP contribution is -2.50. The van der Waals surface area contributed by atoms with Crippen LogP contribution in [0.15, 0.2) is 18.5 Å². The second-order valence-corrected chi connectivity index (χ2v) is 6.19. The Labute approximate surface area is 120 Å². The van der Waals surface area contributed by atoms with Gasteiger partial charge in [0.15, 0.2) is 0 Å². The Hall–Kier alpha value is -1.62. The Morgan fingerprint density at radius 3 is 2.85 bits per heavy atom. The molecule has 2 rings (SSSR count). The molecule has 20 heavy (non-hydrogen) atoms. The average molecular weight is 277 g/mol. The molecule has 1 N–H and O–H groups in total. The first kappa shape index (κ1) is 14.8. The van der Waals surface area contributed by atoms with Gasteiger partial charge in [-0.1, -0.05) is 6.07 Å². The molecular weight excluding hydrogens is 254 g/mol. The molecule has 5 nitrogen and oxygen atoms in total. The van der Waals surface area contributed by atoms with Gasteiger partial charge in [-0.15, -0.1) is 0 Å². The van der Waals surface area contributed by atoms with Gasteiger partial charge in [-0.25, -0.2) is 4.79 Å². The molecule has 1 saturated heterocycles. The van der Waals surface area contributed by atoms with Gasteiger partial charge in [0.2, 0.25) is 0 Å². The van der Waals surface area contributed by atoms with Crippen LogP contribution in [0.4, 0.5) is 4.79 Å². The fourth-order valence-electron chi connectivity index (χ4n) is 2.30. The summed E-state index contributed by atoms with van der Waals surface area (Å²) in [5.74, 6) is 0. The van der Waals surface area contributed by atoms with Crippen LogP contribution < -0.4 is 5.32 Å². The molecule has 2 heterocycles. The van der Waals surface area contributed by atoms with E-state index in [4.69, 9.17) is 4.74 Å². The molecule has 110 valence electrons. The number of carbonyl (C=O) groups excluding carboxylic acids is 1. The Balaban J connectivity index is 2.19. The molecule has 0 saturated carbocycles. The van der Waals surface area contributed by atoms with Gasteiger partial charge in [0.1, 0.15) is 5.60 Å². The lowest BCUT2D eigenvalue weighted by Gasteiger charge is -2.37. The first-order chi connectivity index (χ1) is 9.37. The zero-order chi connectivity index (χ0) is 14.8. The lowest BCUT2D eigenvalue weighted by atomic mass is 10.0. The van der Waals surface area contributed by atoms with Crippen molar-refractivity contribution in [3.63, 3.8) is 0 Å². The van der Waals surface area contributed by atoms with E-state index in [2.05, 4.69) is 16.4 Å². The minimum Gasteiger partial charge on any atom is -0.444 e. The summed E-state index contributed by atoms with van der Waals surface area (Å²) < 4.78 is 5.50. The summed E-state index contributed by atoms with van der Waals surface area (Å²) in [7, 11) is 0. The number of nitrogens with zero attached hydrogens (tertiary/aromatic N) is 2. The van der Waals surface area contributed by atoms with Gasteiger partial charge in [-0.2, -0.15) is 0 Å². The fourth-order valence-corrected chi connectivity index (χ4v) is 2.30. The number of rotatable bonds is 1. The number of pyridine rings is 1. The molecule has 5 heteroatoms. The molecule has 1 unspecified atom stereocenters. The van der Waals surface area contributed by atoms with Gasteiger partial charge in [-0.05, 0) is 38.8 Å². The molecule has 1 aromatic heterocycles. The van der Waals surface area contributed by atoms with Gasteiger partial charge < -0.3 is 10.1 Å². The van der Waals surface area contributed by atoms with Gasteiger partial charge in [0.25, 0.3) is 0 Å². The number of aromatic nitrogens is 1. The Kier molecular flexibility index (Phi) is 4.28. The third kappa shape index (κ3) is 3.70. The van der Waals surface area contributed by atoms with Crippen LogP contribution in [0.1, 0.15) is 37.9 Å². The van der Waals surface area contributed by atoms with Crippen LogP contribution >= 0.6 is 0 Å². The molecular formula is C15H23N3O2. The highest BCUT2D eigenvalue weighted by Crippen LogP contribution is 2.24. The second kappa shape index (κ2) is 5.79. The molecule has 0 bridgehead atoms. The molecule has 0 aliphatic carbocycles. The summed E-state index contributed by atoms with van der Waals surface area (Å²) in [5.41, 5.74) is 1.66. The van der Waals surface area contributed by atoms with E-state index < -0.39 is 5.60 Å². The van der Waals surface area contributed by atoms with Crippen molar-refractivity contribution in [3.8, 4) is 0 Å². The summed E-state index contributed by atoms with van der Waals surface area (Å²) in [6.45, 7) is 9.82. The summed E-state index contributed by atoms with van der Waals surface area (Å²) in [6.07, 6.45) is 3.38. The van der Waals surface area contributed by atoms with E-state index in [1.165, 1.54) is 0 Å². The lowest BCUT2D eigenvalue weighted by molar-refractivity contribution is 0.0117. The summed E-state index contributed by atoms with van der Waals surface area (Å²) >= 11 is 0. The number of aryl methyl sites for hydroxylation is 1. The third-order valence-electron chi connectivity index (χ3n) is 3.15. The van der Waals surface area contributed by atoms with Gasteiger partial charge in [-0.3, -0.25) is 9.88 Å². The first-order valence-corrected chi connectivity index (χ1v) is 6.99. The van der Waals surface area contributed by atoms with Crippen molar-refractivity contribution < 1.29 is 9.53 Å². The number of amides is 1. The highest BCUT2D eigenvalue weighted by atomic mass is 16.6. The Morgan fingerprint density at radius 1 is 1.45 bits per heavy atom. The molecule has 1 amide bonds. The molecule has 0 radical (unpaired) electrons. The van der Waals surface area contributed by atoms with E-state index in [1.807, 2.05) is 40.1 Å². The van der Waals surface area contributed by atoms with E-state index >= 15 is 0 Å². The largest absolute Gasteiger partial charge is 0.444 e. The molecule has 0 spiro atoms. The third-order valence-corrected chi connectivity index (χ3v) is 3.15. The Bertz CT molecular complexity index is 482. The van der Waals surface area contributed by atoms with Gasteiger partial charge in [0.05, 0.1) is 6.04 Å². The molecule has 1 aliphatic heterocycles. The zero-order valence-corrected chi connectivity index (χ0v) is 12.6. The molecule has 1 aliphatic rings. The molecule has 1 atom stereocenters. The predicted molar refractivity (Wildman–Crippen MR) is 77.5 cm³/mol. The van der Waals surface area contributed by atoms with Crippen molar-refractivity contribution in [1.29, 1.82) is 0 Å². The summed E-state index contributed by atoms with van der Waals surface area (Å²) in [4.78, 5) is 18.3. The van der Waals surface area contributed by atoms with Crippen LogP contribution in [-0.4, -0.2) is 41.2 Å².